The van der Waals surface area contributed by atoms with Gasteiger partial charge in [-0.2, -0.15) is 0 Å². The largest absolute Gasteiger partial charge is 0.481 e. The molecule has 0 bridgehead atoms. The lowest BCUT2D eigenvalue weighted by atomic mass is 9.89. The molecule has 108 valence electrons. The molecule has 3 unspecified atom stereocenters. The summed E-state index contributed by atoms with van der Waals surface area (Å²) in [5.74, 6) is -2.78. The van der Waals surface area contributed by atoms with E-state index in [1.807, 2.05) is 0 Å². The number of nitrogens with zero attached hydrogens (tertiary/aromatic N) is 1. The Morgan fingerprint density at radius 2 is 2.05 bits per heavy atom. The number of hydrogen-bond acceptors (Lipinski definition) is 4. The molecule has 4 atom stereocenters. The lowest BCUT2D eigenvalue weighted by Gasteiger charge is -2.29. The second-order valence-corrected chi connectivity index (χ2v) is 4.94. The summed E-state index contributed by atoms with van der Waals surface area (Å²) < 4.78 is 0. The van der Waals surface area contributed by atoms with E-state index in [2.05, 4.69) is 5.32 Å². The summed E-state index contributed by atoms with van der Waals surface area (Å²) in [4.78, 5) is 22.4. The highest BCUT2D eigenvalue weighted by atomic mass is 16.5. The molecule has 1 fully saturated rings. The lowest BCUT2D eigenvalue weighted by Crippen LogP contribution is -2.42. The topological polar surface area (TPSA) is 140 Å². The number of nitrogens with one attached hydrogen (secondary N) is 2. The Morgan fingerprint density at radius 3 is 2.47 bits per heavy atom. The van der Waals surface area contributed by atoms with E-state index in [1.165, 1.54) is 6.92 Å². The predicted molar refractivity (Wildman–Crippen MR) is 66.5 cm³/mol. The number of carbonyl (C=O) groups excluding carboxylic acids is 1. The molecular formula is C11H20N4O4. The quantitative estimate of drug-likeness (QED) is 0.204. The van der Waals surface area contributed by atoms with Crippen molar-refractivity contribution in [3.63, 3.8) is 0 Å². The van der Waals surface area contributed by atoms with Gasteiger partial charge in [0.05, 0.1) is 12.0 Å². The van der Waals surface area contributed by atoms with E-state index in [1.54, 1.807) is 6.92 Å². The summed E-state index contributed by atoms with van der Waals surface area (Å²) in [6.07, 6.45) is 0.748. The highest BCUT2D eigenvalue weighted by Gasteiger charge is 2.43. The van der Waals surface area contributed by atoms with E-state index in [0.717, 1.165) is 0 Å². The predicted octanol–water partition coefficient (Wildman–Crippen LogP) is -0.425. The second-order valence-electron chi connectivity index (χ2n) is 4.94. The van der Waals surface area contributed by atoms with Gasteiger partial charge in [-0.25, -0.2) is 5.06 Å². The summed E-state index contributed by atoms with van der Waals surface area (Å²) in [5, 5.41) is 29.3. The van der Waals surface area contributed by atoms with Gasteiger partial charge < -0.3 is 16.2 Å². The average Bonchev–Trinajstić information content (AvgIpc) is 2.69. The maximum atomic E-state index is 11.2. The van der Waals surface area contributed by atoms with Crippen LogP contribution in [0.1, 0.15) is 26.7 Å². The summed E-state index contributed by atoms with van der Waals surface area (Å²) in [5.41, 5.74) is 5.23. The minimum atomic E-state index is -0.971. The Labute approximate surface area is 111 Å². The number of hydroxylamine groups is 2. The van der Waals surface area contributed by atoms with Crippen LogP contribution in [0.5, 0.6) is 0 Å². The maximum Gasteiger partial charge on any atom is 0.306 e. The molecule has 0 radical (unpaired) electrons. The molecule has 8 heteroatoms. The molecule has 1 aliphatic carbocycles. The third-order valence-electron chi connectivity index (χ3n) is 3.62. The van der Waals surface area contributed by atoms with Crippen molar-refractivity contribution in [2.45, 2.75) is 38.8 Å². The van der Waals surface area contributed by atoms with Gasteiger partial charge in [0.1, 0.15) is 0 Å². The first-order valence-corrected chi connectivity index (χ1v) is 6.06. The Bertz CT molecular complexity index is 387. The smallest absolute Gasteiger partial charge is 0.306 e. The van der Waals surface area contributed by atoms with Gasteiger partial charge in [-0.05, 0) is 25.7 Å². The normalized spacial score (nSPS) is 27.6. The number of rotatable bonds is 4. The summed E-state index contributed by atoms with van der Waals surface area (Å²) in [7, 11) is 0. The molecule has 0 spiro atoms. The maximum absolute atomic E-state index is 11.2. The number of amides is 1. The van der Waals surface area contributed by atoms with Crippen LogP contribution in [-0.2, 0) is 9.59 Å². The molecule has 19 heavy (non-hydrogen) atoms. The van der Waals surface area contributed by atoms with Gasteiger partial charge in [0.2, 0.25) is 5.91 Å². The molecule has 1 saturated carbocycles. The number of carboxylic acid groups (broad SMARTS) is 1. The minimum absolute atomic E-state index is 0.213. The van der Waals surface area contributed by atoms with Crippen LogP contribution in [0.25, 0.3) is 0 Å². The highest BCUT2D eigenvalue weighted by molar-refractivity contribution is 5.76. The lowest BCUT2D eigenvalue weighted by molar-refractivity contribution is -0.179. The Hall–Kier alpha value is -1.83. The minimum Gasteiger partial charge on any atom is -0.481 e. The fourth-order valence-corrected chi connectivity index (χ4v) is 2.69. The second kappa shape index (κ2) is 5.87. The Kier molecular flexibility index (Phi) is 4.71. The van der Waals surface area contributed by atoms with Crippen molar-refractivity contribution in [3.05, 3.63) is 0 Å². The molecule has 1 aliphatic rings. The van der Waals surface area contributed by atoms with E-state index in [-0.39, 0.29) is 17.9 Å². The first kappa shape index (κ1) is 15.2. The zero-order valence-corrected chi connectivity index (χ0v) is 11.0. The van der Waals surface area contributed by atoms with E-state index < -0.39 is 23.8 Å². The van der Waals surface area contributed by atoms with Crippen molar-refractivity contribution in [1.29, 1.82) is 5.41 Å². The fourth-order valence-electron chi connectivity index (χ4n) is 2.69. The van der Waals surface area contributed by atoms with Crippen molar-refractivity contribution in [1.82, 2.24) is 10.4 Å². The SMILES string of the molecule is CC(=O)N(O)C(C)C1C[C@@H](NC(=N)N)CC1C(=O)O. The van der Waals surface area contributed by atoms with Crippen molar-refractivity contribution in [2.24, 2.45) is 17.6 Å². The molecule has 0 aliphatic heterocycles. The van der Waals surface area contributed by atoms with Crippen LogP contribution in [0.15, 0.2) is 0 Å². The van der Waals surface area contributed by atoms with Gasteiger partial charge in [-0.1, -0.05) is 0 Å². The third-order valence-corrected chi connectivity index (χ3v) is 3.62. The van der Waals surface area contributed by atoms with Crippen molar-refractivity contribution >= 4 is 17.8 Å². The van der Waals surface area contributed by atoms with Gasteiger partial charge >= 0.3 is 5.97 Å². The van der Waals surface area contributed by atoms with E-state index in [9.17, 15) is 19.9 Å². The first-order chi connectivity index (χ1) is 8.73. The molecule has 6 N–H and O–H groups in total. The van der Waals surface area contributed by atoms with E-state index in [0.29, 0.717) is 17.9 Å². The highest BCUT2D eigenvalue weighted by Crippen LogP contribution is 2.36. The van der Waals surface area contributed by atoms with Crippen LogP contribution >= 0.6 is 0 Å². The van der Waals surface area contributed by atoms with Crippen LogP contribution in [0.2, 0.25) is 0 Å². The third kappa shape index (κ3) is 3.57. The number of nitrogens with two attached hydrogens (primary N) is 1. The van der Waals surface area contributed by atoms with Gasteiger partial charge in [0, 0.05) is 13.0 Å². The fraction of sp³-hybridized carbons (Fsp3) is 0.727. The molecule has 0 saturated heterocycles. The molecule has 0 aromatic rings. The van der Waals surface area contributed by atoms with Crippen LogP contribution in [0, 0.1) is 17.2 Å². The zero-order chi connectivity index (χ0) is 14.7. The number of carbonyl (C=O) groups is 2. The van der Waals surface area contributed by atoms with Crippen LogP contribution in [0.4, 0.5) is 0 Å². The Balaban J connectivity index is 2.81. The van der Waals surface area contributed by atoms with Crippen LogP contribution in [-0.4, -0.2) is 45.3 Å². The number of hydrogen-bond donors (Lipinski definition) is 5. The van der Waals surface area contributed by atoms with Gasteiger partial charge in [0.25, 0.3) is 0 Å². The summed E-state index contributed by atoms with van der Waals surface area (Å²) >= 11 is 0. The zero-order valence-electron chi connectivity index (χ0n) is 11.0. The van der Waals surface area contributed by atoms with Crippen LogP contribution < -0.4 is 11.1 Å². The number of aliphatic carboxylic acids is 1. The molecule has 0 aromatic heterocycles. The molecular weight excluding hydrogens is 252 g/mol. The number of guanidine groups is 1. The van der Waals surface area contributed by atoms with Gasteiger partial charge in [0.15, 0.2) is 5.96 Å². The Morgan fingerprint density at radius 1 is 1.47 bits per heavy atom. The van der Waals surface area contributed by atoms with E-state index >= 15 is 0 Å². The standard InChI is InChI=1S/C11H20N4O4/c1-5(15(19)6(2)16)8-3-7(14-11(12)13)4-9(8)10(17)18/h5,7-9,19H,3-4H2,1-2H3,(H,17,18)(H4,12,13,14)/t5?,7-,8?,9?/m1/s1. The monoisotopic (exact) mass is 272 g/mol. The number of carboxylic acids is 1. The van der Waals surface area contributed by atoms with Gasteiger partial charge in [-0.3, -0.25) is 20.2 Å². The van der Waals surface area contributed by atoms with Gasteiger partial charge in [-0.15, -0.1) is 0 Å². The first-order valence-electron chi connectivity index (χ1n) is 6.06. The van der Waals surface area contributed by atoms with Crippen molar-refractivity contribution < 1.29 is 19.9 Å². The average molecular weight is 272 g/mol. The van der Waals surface area contributed by atoms with Crippen LogP contribution in [0.3, 0.4) is 0 Å². The van der Waals surface area contributed by atoms with E-state index in [4.69, 9.17) is 11.1 Å². The molecule has 1 amide bonds. The van der Waals surface area contributed by atoms with Crippen molar-refractivity contribution in [3.8, 4) is 0 Å². The molecule has 0 heterocycles. The van der Waals surface area contributed by atoms with Crippen molar-refractivity contribution in [2.75, 3.05) is 0 Å². The summed E-state index contributed by atoms with van der Waals surface area (Å²) in [6, 6.07) is -0.830. The summed E-state index contributed by atoms with van der Waals surface area (Å²) in [6.45, 7) is 2.82. The molecule has 0 aromatic carbocycles. The molecule has 8 nitrogen and oxygen atoms in total. The molecule has 1 rings (SSSR count).